The van der Waals surface area contributed by atoms with Crippen LogP contribution in [0.3, 0.4) is 0 Å². The Kier molecular flexibility index (Phi) is 15.6. The fourth-order valence-corrected chi connectivity index (χ4v) is 8.09. The van der Waals surface area contributed by atoms with Gasteiger partial charge in [-0.1, -0.05) is 12.8 Å². The smallest absolute Gasteiger partial charge is 0.341 e. The van der Waals surface area contributed by atoms with Gasteiger partial charge in [0.05, 0.1) is 34.9 Å². The van der Waals surface area contributed by atoms with Crippen LogP contribution in [0.25, 0.3) is 21.8 Å². The van der Waals surface area contributed by atoms with Gasteiger partial charge in [0, 0.05) is 83.4 Å². The Labute approximate surface area is 374 Å². The molecule has 2 fully saturated rings. The molecule has 6 rings (SSSR count). The first-order valence-corrected chi connectivity index (χ1v) is 21.3. The zero-order valence-corrected chi connectivity index (χ0v) is 36.3. The fourth-order valence-electron chi connectivity index (χ4n) is 8.09. The topological polar surface area (TPSA) is 248 Å². The van der Waals surface area contributed by atoms with E-state index >= 15 is 17.6 Å². The number of fused-ring (bicyclic) bond motifs is 2. The highest BCUT2D eigenvalue weighted by molar-refractivity contribution is 5.95. The lowest BCUT2D eigenvalue weighted by atomic mass is 10.1. The molecule has 0 radical (unpaired) electrons. The summed E-state index contributed by atoms with van der Waals surface area (Å²) in [5.74, 6) is -5.53. The quantitative estimate of drug-likeness (QED) is 0.0530. The Balaban J connectivity index is 0.925. The van der Waals surface area contributed by atoms with Gasteiger partial charge in [0.2, 0.25) is 17.3 Å². The SMILES string of the molecule is Cc1cn(CCF)c2c(F)c(N3CCN(/C(N)=N/C(N)=NCCCCCCN=C(N)/N=C(\N)N4CCN(c5c(F)cc6c(=O)c(C(=O)O)cn(CCF)c6c5F)CC4)CC3)c(F)cc2c1=O. The Morgan fingerprint density at radius 2 is 1.05 bits per heavy atom. The van der Waals surface area contributed by atoms with Crippen LogP contribution in [-0.2, 0) is 13.1 Å². The molecule has 0 spiro atoms. The summed E-state index contributed by atoms with van der Waals surface area (Å²) in [4.78, 5) is 60.1. The molecule has 356 valence electrons. The molecular formula is C42H52F6N14O4. The molecule has 0 amide bonds. The monoisotopic (exact) mass is 930 g/mol. The maximum Gasteiger partial charge on any atom is 0.341 e. The molecule has 0 aliphatic carbocycles. The highest BCUT2D eigenvalue weighted by atomic mass is 19.2. The van der Waals surface area contributed by atoms with E-state index in [9.17, 15) is 28.3 Å². The summed E-state index contributed by atoms with van der Waals surface area (Å²) >= 11 is 0. The minimum absolute atomic E-state index is 0.0238. The van der Waals surface area contributed by atoms with Crippen molar-refractivity contribution in [3.05, 3.63) is 79.4 Å². The second-order valence-electron chi connectivity index (χ2n) is 15.7. The van der Waals surface area contributed by atoms with Gasteiger partial charge in [0.1, 0.15) is 41.9 Å². The Morgan fingerprint density at radius 3 is 1.45 bits per heavy atom. The van der Waals surface area contributed by atoms with E-state index in [1.165, 1.54) is 27.5 Å². The number of anilines is 2. The fraction of sp³-hybridized carbons (Fsp3) is 0.452. The van der Waals surface area contributed by atoms with Crippen LogP contribution in [0.4, 0.5) is 37.7 Å². The summed E-state index contributed by atoms with van der Waals surface area (Å²) in [5, 5.41) is 8.72. The molecule has 0 saturated carbocycles. The molecule has 2 aliphatic rings. The normalized spacial score (nSPS) is 15.7. The first kappa shape index (κ1) is 48.4. The zero-order chi connectivity index (χ0) is 47.8. The number of benzene rings is 2. The van der Waals surface area contributed by atoms with Crippen LogP contribution in [0.1, 0.15) is 41.6 Å². The Hall–Kier alpha value is -7.01. The predicted molar refractivity (Wildman–Crippen MR) is 242 cm³/mol. The van der Waals surface area contributed by atoms with Crippen molar-refractivity contribution >= 4 is 63.0 Å². The van der Waals surface area contributed by atoms with Crippen molar-refractivity contribution in [1.29, 1.82) is 0 Å². The van der Waals surface area contributed by atoms with Crippen molar-refractivity contribution in [2.24, 2.45) is 42.9 Å². The number of pyridine rings is 2. The van der Waals surface area contributed by atoms with Crippen molar-refractivity contribution in [3.63, 3.8) is 0 Å². The molecule has 0 atom stereocenters. The van der Waals surface area contributed by atoms with E-state index in [-0.39, 0.29) is 105 Å². The number of unbranched alkanes of at least 4 members (excludes halogenated alkanes) is 3. The molecule has 9 N–H and O–H groups in total. The van der Waals surface area contributed by atoms with Crippen molar-refractivity contribution in [2.75, 3.05) is 88.6 Å². The number of carboxylic acids is 1. The predicted octanol–water partition coefficient (Wildman–Crippen LogP) is 2.58. The summed E-state index contributed by atoms with van der Waals surface area (Å²) < 4.78 is 91.1. The maximum absolute atomic E-state index is 15.9. The first-order chi connectivity index (χ1) is 31.6. The minimum Gasteiger partial charge on any atom is -0.477 e. The van der Waals surface area contributed by atoms with Crippen molar-refractivity contribution in [2.45, 2.75) is 45.7 Å². The summed E-state index contributed by atoms with van der Waals surface area (Å²) in [6.45, 7) is 1.34. The maximum atomic E-state index is 15.9. The number of alkyl halides is 2. The van der Waals surface area contributed by atoms with Gasteiger partial charge in [0.15, 0.2) is 29.0 Å². The second-order valence-corrected chi connectivity index (χ2v) is 15.7. The molecule has 0 unspecified atom stereocenters. The molecule has 2 aromatic carbocycles. The van der Waals surface area contributed by atoms with E-state index in [4.69, 9.17) is 22.9 Å². The largest absolute Gasteiger partial charge is 0.477 e. The molecule has 18 nitrogen and oxygen atoms in total. The number of guanidine groups is 4. The summed E-state index contributed by atoms with van der Waals surface area (Å²) in [7, 11) is 0. The molecule has 2 aliphatic heterocycles. The van der Waals surface area contributed by atoms with E-state index in [2.05, 4.69) is 20.0 Å². The third-order valence-corrected chi connectivity index (χ3v) is 11.4. The lowest BCUT2D eigenvalue weighted by Gasteiger charge is -2.37. The number of hydrogen-bond donors (Lipinski definition) is 5. The van der Waals surface area contributed by atoms with Crippen molar-refractivity contribution < 1.29 is 36.2 Å². The van der Waals surface area contributed by atoms with E-state index in [1.54, 1.807) is 9.80 Å². The number of nitrogens with zero attached hydrogens (tertiary/aromatic N) is 10. The van der Waals surface area contributed by atoms with Gasteiger partial charge in [-0.15, -0.1) is 0 Å². The Morgan fingerprint density at radius 1 is 0.636 bits per heavy atom. The molecule has 4 aromatic rings. The third kappa shape index (κ3) is 10.6. The van der Waals surface area contributed by atoms with E-state index in [1.807, 2.05) is 0 Å². The highest BCUT2D eigenvalue weighted by Gasteiger charge is 2.29. The van der Waals surface area contributed by atoms with Gasteiger partial charge >= 0.3 is 5.97 Å². The van der Waals surface area contributed by atoms with Crippen LogP contribution >= 0.6 is 0 Å². The summed E-state index contributed by atoms with van der Waals surface area (Å²) in [6.07, 6.45) is 5.20. The standard InChI is InChI=1S/C42H52F6N14O4/c1-24-22-61(10-6-43)32-25(36(24)63)20-28(45)34(30(32)47)57-12-16-59(17-13-57)41(51)55-39(49)53-8-4-2-3-5-9-54-40(50)56-42(52)60-18-14-58(15-19-60)35-29(46)21-26-33(31(35)48)62(11-7-44)23-27(37(26)64)38(65)66/h20-23H,2-19H2,1H3,(H,65,66)(H4,49,51,53,55)(H4,50,52,54,56). The number of halogens is 6. The van der Waals surface area contributed by atoms with Gasteiger partial charge < -0.3 is 56.8 Å². The number of aryl methyl sites for hydroxylation is 3. The molecule has 4 heterocycles. The molecule has 0 bridgehead atoms. The van der Waals surface area contributed by atoms with Crippen LogP contribution in [0.5, 0.6) is 0 Å². The number of aromatic nitrogens is 2. The number of aliphatic imine (C=N–C) groups is 4. The highest BCUT2D eigenvalue weighted by Crippen LogP contribution is 2.32. The Bertz CT molecular complexity index is 2710. The minimum atomic E-state index is -1.60. The molecule has 2 aromatic heterocycles. The lowest BCUT2D eigenvalue weighted by Crippen LogP contribution is -2.52. The second kappa shape index (κ2) is 21.3. The van der Waals surface area contributed by atoms with Gasteiger partial charge in [-0.2, -0.15) is 9.98 Å². The van der Waals surface area contributed by atoms with E-state index < -0.39 is 82.1 Å². The van der Waals surface area contributed by atoms with Gasteiger partial charge in [-0.05, 0) is 31.9 Å². The van der Waals surface area contributed by atoms with Crippen LogP contribution in [0.15, 0.2) is 54.1 Å². The molecule has 2 saturated heterocycles. The van der Waals surface area contributed by atoms with Crippen LogP contribution in [-0.4, -0.2) is 133 Å². The van der Waals surface area contributed by atoms with Gasteiger partial charge in [-0.3, -0.25) is 19.6 Å². The number of piperazine rings is 2. The zero-order valence-electron chi connectivity index (χ0n) is 36.3. The van der Waals surface area contributed by atoms with Crippen LogP contribution in [0, 0.1) is 30.2 Å². The number of hydrogen-bond acceptors (Lipinski definition) is 7. The average Bonchev–Trinajstić information content (AvgIpc) is 3.27. The number of nitrogens with two attached hydrogens (primary N) is 4. The number of rotatable bonds is 14. The van der Waals surface area contributed by atoms with Gasteiger partial charge in [0.25, 0.3) is 0 Å². The van der Waals surface area contributed by atoms with E-state index in [0.29, 0.717) is 25.9 Å². The molecular weight excluding hydrogens is 879 g/mol. The number of aromatic carboxylic acids is 1. The van der Waals surface area contributed by atoms with Gasteiger partial charge in [-0.25, -0.2) is 31.1 Å². The lowest BCUT2D eigenvalue weighted by molar-refractivity contribution is 0.0694. The van der Waals surface area contributed by atoms with Crippen molar-refractivity contribution in [3.8, 4) is 0 Å². The van der Waals surface area contributed by atoms with Crippen LogP contribution < -0.4 is 43.6 Å². The van der Waals surface area contributed by atoms with Crippen LogP contribution in [0.2, 0.25) is 0 Å². The molecule has 24 heteroatoms. The average molecular weight is 931 g/mol. The van der Waals surface area contributed by atoms with Crippen molar-refractivity contribution in [1.82, 2.24) is 18.9 Å². The number of carbonyl (C=O) groups is 1. The third-order valence-electron chi connectivity index (χ3n) is 11.4. The molecule has 66 heavy (non-hydrogen) atoms. The van der Waals surface area contributed by atoms with E-state index in [0.717, 1.165) is 35.7 Å². The summed E-state index contributed by atoms with van der Waals surface area (Å²) in [5.41, 5.74) is 21.0. The first-order valence-electron chi connectivity index (χ1n) is 21.3. The number of carboxylic acid groups (broad SMARTS) is 1. The summed E-state index contributed by atoms with van der Waals surface area (Å²) in [6, 6.07) is 1.77.